The Morgan fingerprint density at radius 2 is 1.76 bits per heavy atom. The summed E-state index contributed by atoms with van der Waals surface area (Å²) in [5.74, 6) is -0.248. The number of alkyl halides is 4. The van der Waals surface area contributed by atoms with Gasteiger partial charge in [0.1, 0.15) is 0 Å². The molecule has 0 bridgehead atoms. The number of hydrogen-bond acceptors (Lipinski definition) is 1. The summed E-state index contributed by atoms with van der Waals surface area (Å²) in [6, 6.07) is 9.20. The summed E-state index contributed by atoms with van der Waals surface area (Å²) in [4.78, 5) is 0. The van der Waals surface area contributed by atoms with E-state index < -0.39 is 19.1 Å². The third kappa shape index (κ3) is 4.73. The molecule has 0 amide bonds. The lowest BCUT2D eigenvalue weighted by Gasteiger charge is -2.18. The second-order valence-corrected chi connectivity index (χ2v) is 3.97. The fraction of sp³-hybridized carbons (Fsp3) is 0.500. The molecule has 0 fully saturated rings. The molecule has 1 atom stereocenters. The SMILES string of the molecule is CC(COC(F)(F)C(F)F)Cc1ccccc1. The third-order valence-corrected chi connectivity index (χ3v) is 2.24. The van der Waals surface area contributed by atoms with E-state index in [2.05, 4.69) is 4.74 Å². The summed E-state index contributed by atoms with van der Waals surface area (Å²) in [5, 5.41) is 0. The maximum atomic E-state index is 12.5. The lowest BCUT2D eigenvalue weighted by atomic mass is 10.0. The van der Waals surface area contributed by atoms with Crippen LogP contribution in [0.2, 0.25) is 0 Å². The topological polar surface area (TPSA) is 9.23 Å². The highest BCUT2D eigenvalue weighted by Gasteiger charge is 2.42. The molecule has 0 radical (unpaired) electrons. The molecule has 0 saturated carbocycles. The molecule has 96 valence electrons. The number of rotatable bonds is 6. The lowest BCUT2D eigenvalue weighted by molar-refractivity contribution is -0.303. The van der Waals surface area contributed by atoms with Crippen LogP contribution in [0.3, 0.4) is 0 Å². The summed E-state index contributed by atoms with van der Waals surface area (Å²) >= 11 is 0. The van der Waals surface area contributed by atoms with E-state index in [0.29, 0.717) is 6.42 Å². The van der Waals surface area contributed by atoms with E-state index in [0.717, 1.165) is 5.56 Å². The molecule has 1 aromatic carbocycles. The van der Waals surface area contributed by atoms with Crippen molar-refractivity contribution in [2.45, 2.75) is 25.9 Å². The zero-order chi connectivity index (χ0) is 12.9. The van der Waals surface area contributed by atoms with Gasteiger partial charge < -0.3 is 4.74 Å². The van der Waals surface area contributed by atoms with Crippen molar-refractivity contribution in [2.75, 3.05) is 6.61 Å². The van der Waals surface area contributed by atoms with Gasteiger partial charge in [-0.3, -0.25) is 0 Å². The van der Waals surface area contributed by atoms with E-state index in [4.69, 9.17) is 0 Å². The Balaban J connectivity index is 2.38. The van der Waals surface area contributed by atoms with E-state index in [1.54, 1.807) is 6.92 Å². The van der Waals surface area contributed by atoms with Gasteiger partial charge in [0.05, 0.1) is 6.61 Å². The largest absolute Gasteiger partial charge is 0.416 e. The van der Waals surface area contributed by atoms with E-state index in [-0.39, 0.29) is 5.92 Å². The highest BCUT2D eigenvalue weighted by Crippen LogP contribution is 2.25. The van der Waals surface area contributed by atoms with Crippen molar-refractivity contribution < 1.29 is 22.3 Å². The number of ether oxygens (including phenoxy) is 1. The number of hydrogen-bond donors (Lipinski definition) is 0. The highest BCUT2D eigenvalue weighted by molar-refractivity contribution is 5.15. The van der Waals surface area contributed by atoms with E-state index >= 15 is 0 Å². The first-order valence-corrected chi connectivity index (χ1v) is 5.25. The van der Waals surface area contributed by atoms with Gasteiger partial charge >= 0.3 is 12.5 Å². The molecule has 0 saturated heterocycles. The molecule has 17 heavy (non-hydrogen) atoms. The van der Waals surface area contributed by atoms with Gasteiger partial charge in [-0.1, -0.05) is 37.3 Å². The molecule has 0 aliphatic carbocycles. The van der Waals surface area contributed by atoms with Gasteiger partial charge in [-0.2, -0.15) is 8.78 Å². The molecule has 0 aliphatic rings. The van der Waals surface area contributed by atoms with Gasteiger partial charge in [0.25, 0.3) is 0 Å². The quantitative estimate of drug-likeness (QED) is 0.699. The molecule has 1 unspecified atom stereocenters. The first-order valence-electron chi connectivity index (χ1n) is 5.25. The standard InChI is InChI=1S/C12H14F4O/c1-9(7-10-5-3-2-4-6-10)8-17-12(15,16)11(13)14/h2-6,9,11H,7-8H2,1H3. The van der Waals surface area contributed by atoms with Gasteiger partial charge in [0.15, 0.2) is 0 Å². The highest BCUT2D eigenvalue weighted by atomic mass is 19.3. The van der Waals surface area contributed by atoms with Gasteiger partial charge in [0.2, 0.25) is 0 Å². The summed E-state index contributed by atoms with van der Waals surface area (Å²) in [5.41, 5.74) is 0.962. The zero-order valence-electron chi connectivity index (χ0n) is 9.38. The zero-order valence-corrected chi connectivity index (χ0v) is 9.38. The maximum absolute atomic E-state index is 12.5. The van der Waals surface area contributed by atoms with Crippen molar-refractivity contribution in [2.24, 2.45) is 5.92 Å². The van der Waals surface area contributed by atoms with Crippen molar-refractivity contribution in [3.8, 4) is 0 Å². The molecule has 1 aromatic rings. The average molecular weight is 250 g/mol. The predicted octanol–water partition coefficient (Wildman–Crippen LogP) is 3.74. The van der Waals surface area contributed by atoms with Crippen LogP contribution < -0.4 is 0 Å². The monoisotopic (exact) mass is 250 g/mol. The van der Waals surface area contributed by atoms with E-state index in [1.807, 2.05) is 30.3 Å². The van der Waals surface area contributed by atoms with Crippen molar-refractivity contribution in [1.82, 2.24) is 0 Å². The van der Waals surface area contributed by atoms with Crippen LogP contribution in [0.1, 0.15) is 12.5 Å². The van der Waals surface area contributed by atoms with E-state index in [1.165, 1.54) is 0 Å². The van der Waals surface area contributed by atoms with Crippen molar-refractivity contribution >= 4 is 0 Å². The molecule has 1 rings (SSSR count). The minimum Gasteiger partial charge on any atom is -0.316 e. The Morgan fingerprint density at radius 1 is 1.18 bits per heavy atom. The van der Waals surface area contributed by atoms with Crippen molar-refractivity contribution in [3.63, 3.8) is 0 Å². The summed E-state index contributed by atoms with van der Waals surface area (Å²) < 4.78 is 52.5. The van der Waals surface area contributed by atoms with Crippen molar-refractivity contribution in [3.05, 3.63) is 35.9 Å². The van der Waals surface area contributed by atoms with Gasteiger partial charge in [-0.05, 0) is 17.9 Å². The Hall–Kier alpha value is -1.10. The van der Waals surface area contributed by atoms with Crippen LogP contribution in [0.15, 0.2) is 30.3 Å². The summed E-state index contributed by atoms with van der Waals surface area (Å²) in [7, 11) is 0. The van der Waals surface area contributed by atoms with Crippen LogP contribution in [0.5, 0.6) is 0 Å². The molecular weight excluding hydrogens is 236 g/mol. The fourth-order valence-corrected chi connectivity index (χ4v) is 1.39. The Morgan fingerprint density at radius 3 is 2.29 bits per heavy atom. The second kappa shape index (κ2) is 6.00. The molecule has 5 heteroatoms. The molecule has 0 aromatic heterocycles. The van der Waals surface area contributed by atoms with Crippen LogP contribution in [0.25, 0.3) is 0 Å². The first-order chi connectivity index (χ1) is 7.92. The second-order valence-electron chi connectivity index (χ2n) is 3.97. The normalized spacial score (nSPS) is 14.0. The van der Waals surface area contributed by atoms with Crippen LogP contribution >= 0.6 is 0 Å². The van der Waals surface area contributed by atoms with Crippen LogP contribution in [0.4, 0.5) is 17.6 Å². The molecule has 1 nitrogen and oxygen atoms in total. The molecule has 0 spiro atoms. The summed E-state index contributed by atoms with van der Waals surface area (Å²) in [6.07, 6.45) is -7.63. The molecule has 0 N–H and O–H groups in total. The average Bonchev–Trinajstić information content (AvgIpc) is 2.28. The fourth-order valence-electron chi connectivity index (χ4n) is 1.39. The van der Waals surface area contributed by atoms with Gasteiger partial charge in [-0.25, -0.2) is 8.78 Å². The molecule has 0 aliphatic heterocycles. The van der Waals surface area contributed by atoms with Crippen LogP contribution in [0, 0.1) is 5.92 Å². The Labute approximate surface area is 97.4 Å². The number of benzene rings is 1. The first kappa shape index (κ1) is 14.0. The van der Waals surface area contributed by atoms with Gasteiger partial charge in [0, 0.05) is 0 Å². The van der Waals surface area contributed by atoms with E-state index in [9.17, 15) is 17.6 Å². The minimum atomic E-state index is -4.36. The van der Waals surface area contributed by atoms with Crippen LogP contribution in [-0.4, -0.2) is 19.1 Å². The minimum absolute atomic E-state index is 0.248. The number of halogens is 4. The van der Waals surface area contributed by atoms with Crippen molar-refractivity contribution in [1.29, 1.82) is 0 Å². The molecule has 0 heterocycles. The summed E-state index contributed by atoms with van der Waals surface area (Å²) in [6.45, 7) is 1.28. The smallest absolute Gasteiger partial charge is 0.316 e. The molecular formula is C12H14F4O. The van der Waals surface area contributed by atoms with Gasteiger partial charge in [-0.15, -0.1) is 0 Å². The third-order valence-electron chi connectivity index (χ3n) is 2.24. The Bertz CT molecular complexity index is 327. The maximum Gasteiger partial charge on any atom is 0.416 e. The predicted molar refractivity (Wildman–Crippen MR) is 56.2 cm³/mol. The van der Waals surface area contributed by atoms with Crippen LogP contribution in [-0.2, 0) is 11.2 Å². The lowest BCUT2D eigenvalue weighted by Crippen LogP contribution is -2.32. The Kier molecular flexibility index (Phi) is 4.93.